The first kappa shape index (κ1) is 15.0. The Morgan fingerprint density at radius 2 is 2.10 bits per heavy atom. The lowest BCUT2D eigenvalue weighted by Gasteiger charge is -2.17. The van der Waals surface area contributed by atoms with Crippen molar-refractivity contribution in [3.63, 3.8) is 0 Å². The van der Waals surface area contributed by atoms with Crippen LogP contribution in [0.5, 0.6) is 0 Å². The fourth-order valence-electron chi connectivity index (χ4n) is 2.40. The molecule has 3 N–H and O–H groups in total. The van der Waals surface area contributed by atoms with Gasteiger partial charge < -0.3 is 9.30 Å². The number of imidazole rings is 1. The number of hydrazine groups is 1. The molecule has 20 heavy (non-hydrogen) atoms. The number of rotatable bonds is 7. The van der Waals surface area contributed by atoms with E-state index < -0.39 is 0 Å². The summed E-state index contributed by atoms with van der Waals surface area (Å²) in [4.78, 5) is 4.68. The molecule has 0 spiro atoms. The van der Waals surface area contributed by atoms with Crippen molar-refractivity contribution >= 4 is 11.0 Å². The number of aryl methyl sites for hydroxylation is 1. The Hall–Kier alpha value is -1.43. The smallest absolute Gasteiger partial charge is 0.111 e. The quantitative estimate of drug-likeness (QED) is 0.597. The number of fused-ring (bicyclic) bond motifs is 1. The van der Waals surface area contributed by atoms with Crippen LogP contribution < -0.4 is 11.3 Å². The number of aromatic nitrogens is 2. The Morgan fingerprint density at radius 3 is 2.75 bits per heavy atom. The number of methoxy groups -OCH3 is 1. The van der Waals surface area contributed by atoms with Crippen LogP contribution in [0.1, 0.15) is 25.6 Å². The average Bonchev–Trinajstić information content (AvgIpc) is 2.79. The van der Waals surface area contributed by atoms with Gasteiger partial charge in [-0.1, -0.05) is 12.1 Å². The van der Waals surface area contributed by atoms with Crippen molar-refractivity contribution in [1.82, 2.24) is 15.0 Å². The second kappa shape index (κ2) is 6.83. The van der Waals surface area contributed by atoms with Crippen molar-refractivity contribution < 1.29 is 4.74 Å². The molecule has 2 rings (SSSR count). The summed E-state index contributed by atoms with van der Waals surface area (Å²) >= 11 is 0. The number of nitrogens with two attached hydrogens (primary N) is 1. The van der Waals surface area contributed by atoms with E-state index in [1.165, 1.54) is 0 Å². The highest BCUT2D eigenvalue weighted by Crippen LogP contribution is 2.16. The molecule has 0 saturated heterocycles. The van der Waals surface area contributed by atoms with E-state index in [9.17, 15) is 0 Å². The first-order valence-corrected chi connectivity index (χ1v) is 7.05. The average molecular weight is 276 g/mol. The lowest BCUT2D eigenvalue weighted by atomic mass is 10.1. The fraction of sp³-hybridized carbons (Fsp3) is 0.533. The van der Waals surface area contributed by atoms with Crippen LogP contribution in [-0.4, -0.2) is 28.8 Å². The third-order valence-electron chi connectivity index (χ3n) is 3.87. The van der Waals surface area contributed by atoms with Crippen molar-refractivity contribution in [2.75, 3.05) is 7.11 Å². The zero-order valence-electron chi connectivity index (χ0n) is 12.5. The van der Waals surface area contributed by atoms with Crippen LogP contribution in [0.3, 0.4) is 0 Å². The van der Waals surface area contributed by atoms with Crippen LogP contribution in [-0.2, 0) is 18.2 Å². The van der Waals surface area contributed by atoms with Gasteiger partial charge in [-0.2, -0.15) is 0 Å². The number of hydrogen-bond donors (Lipinski definition) is 2. The predicted molar refractivity (Wildman–Crippen MR) is 81.2 cm³/mol. The van der Waals surface area contributed by atoms with Gasteiger partial charge in [-0.3, -0.25) is 11.3 Å². The van der Waals surface area contributed by atoms with Gasteiger partial charge in [0.1, 0.15) is 5.82 Å². The van der Waals surface area contributed by atoms with E-state index in [1.807, 2.05) is 18.2 Å². The maximum absolute atomic E-state index is 5.66. The molecule has 1 heterocycles. The van der Waals surface area contributed by atoms with Crippen molar-refractivity contribution in [2.24, 2.45) is 12.9 Å². The zero-order valence-corrected chi connectivity index (χ0v) is 12.5. The second-order valence-corrected chi connectivity index (χ2v) is 5.27. The molecule has 0 saturated carbocycles. The van der Waals surface area contributed by atoms with Crippen LogP contribution >= 0.6 is 0 Å². The Morgan fingerprint density at radius 1 is 1.35 bits per heavy atom. The van der Waals surface area contributed by atoms with Crippen molar-refractivity contribution in [1.29, 1.82) is 0 Å². The Bertz CT molecular complexity index is 552. The van der Waals surface area contributed by atoms with E-state index in [2.05, 4.69) is 35.0 Å². The maximum atomic E-state index is 5.66. The lowest BCUT2D eigenvalue weighted by molar-refractivity contribution is 0.106. The molecule has 2 unspecified atom stereocenters. The van der Waals surface area contributed by atoms with E-state index in [0.29, 0.717) is 0 Å². The Balaban J connectivity index is 2.07. The third kappa shape index (κ3) is 3.36. The number of para-hydroxylation sites is 2. The minimum Gasteiger partial charge on any atom is -0.382 e. The molecular weight excluding hydrogens is 252 g/mol. The van der Waals surface area contributed by atoms with Crippen LogP contribution in [0, 0.1) is 0 Å². The molecule has 0 fully saturated rings. The van der Waals surface area contributed by atoms with E-state index in [-0.39, 0.29) is 12.1 Å². The minimum absolute atomic E-state index is 0.211. The van der Waals surface area contributed by atoms with Crippen LogP contribution in [0.2, 0.25) is 0 Å². The molecule has 2 atom stereocenters. The fourth-order valence-corrected chi connectivity index (χ4v) is 2.40. The van der Waals surface area contributed by atoms with E-state index in [0.717, 1.165) is 36.1 Å². The summed E-state index contributed by atoms with van der Waals surface area (Å²) < 4.78 is 7.42. The molecule has 5 heteroatoms. The molecule has 110 valence electrons. The van der Waals surface area contributed by atoms with Gasteiger partial charge in [0.15, 0.2) is 0 Å². The number of ether oxygens (including phenoxy) is 1. The summed E-state index contributed by atoms with van der Waals surface area (Å²) in [7, 11) is 3.79. The Kier molecular flexibility index (Phi) is 5.11. The highest BCUT2D eigenvalue weighted by atomic mass is 16.5. The summed E-state index contributed by atoms with van der Waals surface area (Å²) in [6.07, 6.45) is 3.02. The summed E-state index contributed by atoms with van der Waals surface area (Å²) in [5.74, 6) is 6.72. The van der Waals surface area contributed by atoms with Gasteiger partial charge in [-0.05, 0) is 31.9 Å². The summed E-state index contributed by atoms with van der Waals surface area (Å²) in [6.45, 7) is 2.07. The molecule has 1 aromatic carbocycles. The second-order valence-electron chi connectivity index (χ2n) is 5.27. The van der Waals surface area contributed by atoms with Gasteiger partial charge in [-0.15, -0.1) is 0 Å². The van der Waals surface area contributed by atoms with Crippen LogP contribution in [0.25, 0.3) is 11.0 Å². The largest absolute Gasteiger partial charge is 0.382 e. The van der Waals surface area contributed by atoms with E-state index in [4.69, 9.17) is 10.6 Å². The standard InChI is InChI=1S/C15H24N4O/c1-11(20-3)8-9-12(18-16)10-15-17-13-6-4-5-7-14(13)19(15)2/h4-7,11-12,18H,8-10,16H2,1-3H3. The monoisotopic (exact) mass is 276 g/mol. The molecule has 0 bridgehead atoms. The first-order valence-electron chi connectivity index (χ1n) is 7.05. The molecule has 0 aliphatic carbocycles. The van der Waals surface area contributed by atoms with Gasteiger partial charge in [0.2, 0.25) is 0 Å². The van der Waals surface area contributed by atoms with Gasteiger partial charge in [0.25, 0.3) is 0 Å². The van der Waals surface area contributed by atoms with Gasteiger partial charge in [0.05, 0.1) is 17.1 Å². The molecule has 0 aliphatic heterocycles. The van der Waals surface area contributed by atoms with Gasteiger partial charge in [-0.25, -0.2) is 4.98 Å². The lowest BCUT2D eigenvalue weighted by Crippen LogP contribution is -2.38. The van der Waals surface area contributed by atoms with Gasteiger partial charge >= 0.3 is 0 Å². The van der Waals surface area contributed by atoms with Crippen LogP contribution in [0.15, 0.2) is 24.3 Å². The van der Waals surface area contributed by atoms with Crippen molar-refractivity contribution in [2.45, 2.75) is 38.3 Å². The zero-order chi connectivity index (χ0) is 14.5. The maximum Gasteiger partial charge on any atom is 0.111 e. The molecular formula is C15H24N4O. The molecule has 0 aliphatic rings. The number of hydrogen-bond acceptors (Lipinski definition) is 4. The topological polar surface area (TPSA) is 65.1 Å². The highest BCUT2D eigenvalue weighted by Gasteiger charge is 2.14. The number of nitrogens with zero attached hydrogens (tertiary/aromatic N) is 2. The first-order chi connectivity index (χ1) is 9.65. The summed E-state index contributed by atoms with van der Waals surface area (Å²) in [6, 6.07) is 8.38. The predicted octanol–water partition coefficient (Wildman–Crippen LogP) is 1.76. The van der Waals surface area contributed by atoms with E-state index >= 15 is 0 Å². The number of benzene rings is 1. The molecule has 0 radical (unpaired) electrons. The normalized spacial score (nSPS) is 14.6. The summed E-state index contributed by atoms with van der Waals surface area (Å²) in [5.41, 5.74) is 5.08. The third-order valence-corrected chi connectivity index (χ3v) is 3.87. The highest BCUT2D eigenvalue weighted by molar-refractivity contribution is 5.75. The minimum atomic E-state index is 0.211. The molecule has 2 aromatic rings. The number of nitrogens with one attached hydrogen (secondary N) is 1. The molecule has 5 nitrogen and oxygen atoms in total. The van der Waals surface area contributed by atoms with Crippen molar-refractivity contribution in [3.8, 4) is 0 Å². The van der Waals surface area contributed by atoms with Gasteiger partial charge in [0, 0.05) is 26.6 Å². The molecule has 0 amide bonds. The van der Waals surface area contributed by atoms with E-state index in [1.54, 1.807) is 7.11 Å². The van der Waals surface area contributed by atoms with Crippen molar-refractivity contribution in [3.05, 3.63) is 30.1 Å². The summed E-state index contributed by atoms with van der Waals surface area (Å²) in [5, 5.41) is 0. The molecule has 1 aromatic heterocycles. The SMILES string of the molecule is COC(C)CCC(Cc1nc2ccccc2n1C)NN. The van der Waals surface area contributed by atoms with Crippen LogP contribution in [0.4, 0.5) is 0 Å². The Labute approximate surface area is 120 Å².